The van der Waals surface area contributed by atoms with Crippen molar-refractivity contribution in [2.45, 2.75) is 25.7 Å². The Morgan fingerprint density at radius 1 is 0.864 bits per heavy atom. The average molecular weight is 311 g/mol. The largest absolute Gasteiger partial charge is 0.316 e. The summed E-state index contributed by atoms with van der Waals surface area (Å²) in [6, 6.07) is 12.8. The molecule has 112 valence electrons. The highest BCUT2D eigenvalue weighted by Crippen LogP contribution is 2.37. The zero-order valence-corrected chi connectivity index (χ0v) is 13.3. The Labute approximate surface area is 136 Å². The first-order valence-corrected chi connectivity index (χ1v) is 8.37. The normalized spacial score (nSPS) is 17.7. The lowest BCUT2D eigenvalue weighted by atomic mass is 9.89. The molecule has 4 rings (SSSR count). The topological polar surface area (TPSA) is 24.9 Å². The molecule has 1 aliphatic heterocycles. The van der Waals surface area contributed by atoms with Crippen LogP contribution in [0.15, 0.2) is 42.0 Å². The van der Waals surface area contributed by atoms with E-state index in [0.717, 1.165) is 44.5 Å². The van der Waals surface area contributed by atoms with Gasteiger partial charge in [-0.1, -0.05) is 47.5 Å². The van der Waals surface area contributed by atoms with Crippen molar-refractivity contribution in [3.05, 3.63) is 69.5 Å². The molecule has 1 aromatic carbocycles. The van der Waals surface area contributed by atoms with Crippen molar-refractivity contribution < 1.29 is 0 Å². The molecule has 1 fully saturated rings. The van der Waals surface area contributed by atoms with Crippen LogP contribution in [0, 0.1) is 0 Å². The van der Waals surface area contributed by atoms with E-state index in [1.54, 1.807) is 0 Å². The van der Waals surface area contributed by atoms with Crippen molar-refractivity contribution in [2.75, 3.05) is 13.1 Å². The second-order valence-electron chi connectivity index (χ2n) is 6.03. The third-order valence-corrected chi connectivity index (χ3v) is 4.90. The highest BCUT2D eigenvalue weighted by molar-refractivity contribution is 6.29. The maximum Gasteiger partial charge on any atom is 0.129 e. The summed E-state index contributed by atoms with van der Waals surface area (Å²) in [4.78, 5) is 4.72. The summed E-state index contributed by atoms with van der Waals surface area (Å²) in [7, 11) is 0. The first kappa shape index (κ1) is 14.0. The Kier molecular flexibility index (Phi) is 3.73. The summed E-state index contributed by atoms with van der Waals surface area (Å²) in [5.41, 5.74) is 8.07. The Morgan fingerprint density at radius 3 is 2.50 bits per heavy atom. The number of halogens is 1. The molecule has 1 aromatic heterocycles. The van der Waals surface area contributed by atoms with Crippen LogP contribution in [0.2, 0.25) is 5.15 Å². The summed E-state index contributed by atoms with van der Waals surface area (Å²) in [5, 5.41) is 4.04. The predicted molar refractivity (Wildman–Crippen MR) is 91.2 cm³/mol. The van der Waals surface area contributed by atoms with E-state index < -0.39 is 0 Å². The number of pyridine rings is 1. The number of benzene rings is 1. The number of aromatic nitrogens is 1. The van der Waals surface area contributed by atoms with Crippen molar-refractivity contribution in [2.24, 2.45) is 0 Å². The smallest absolute Gasteiger partial charge is 0.129 e. The molecule has 0 saturated carbocycles. The Morgan fingerprint density at radius 2 is 1.64 bits per heavy atom. The molecule has 0 atom stereocenters. The fourth-order valence-corrected chi connectivity index (χ4v) is 3.75. The van der Waals surface area contributed by atoms with Gasteiger partial charge in [-0.3, -0.25) is 0 Å². The summed E-state index contributed by atoms with van der Waals surface area (Å²) < 4.78 is 0. The van der Waals surface area contributed by atoms with Crippen LogP contribution in [-0.2, 0) is 12.8 Å². The van der Waals surface area contributed by atoms with E-state index in [0.29, 0.717) is 5.15 Å². The summed E-state index contributed by atoms with van der Waals surface area (Å²) >= 11 is 6.22. The number of rotatable bonds is 0. The first-order valence-electron chi connectivity index (χ1n) is 8.00. The maximum absolute atomic E-state index is 6.22. The minimum absolute atomic E-state index is 0.588. The van der Waals surface area contributed by atoms with Gasteiger partial charge in [-0.15, -0.1) is 0 Å². The molecule has 22 heavy (non-hydrogen) atoms. The van der Waals surface area contributed by atoms with Crippen LogP contribution in [-0.4, -0.2) is 18.1 Å². The van der Waals surface area contributed by atoms with Gasteiger partial charge in [-0.2, -0.15) is 0 Å². The number of piperidine rings is 1. The molecule has 2 aromatic rings. The molecule has 0 radical (unpaired) electrons. The molecule has 1 saturated heterocycles. The van der Waals surface area contributed by atoms with E-state index in [9.17, 15) is 0 Å². The predicted octanol–water partition coefficient (Wildman–Crippen LogP) is 4.02. The Hall–Kier alpha value is -1.64. The van der Waals surface area contributed by atoms with Crippen LogP contribution in [0.5, 0.6) is 0 Å². The minimum Gasteiger partial charge on any atom is -0.316 e. The van der Waals surface area contributed by atoms with Gasteiger partial charge in [-0.25, -0.2) is 4.98 Å². The summed E-state index contributed by atoms with van der Waals surface area (Å²) in [5.74, 6) is 0. The number of hydrogen-bond acceptors (Lipinski definition) is 2. The van der Waals surface area contributed by atoms with Gasteiger partial charge in [0.15, 0.2) is 0 Å². The molecular formula is C19H19ClN2. The van der Waals surface area contributed by atoms with Crippen LogP contribution < -0.4 is 5.32 Å². The molecule has 2 nitrogen and oxygen atoms in total. The molecule has 0 bridgehead atoms. The lowest BCUT2D eigenvalue weighted by Gasteiger charge is -2.21. The van der Waals surface area contributed by atoms with Crippen molar-refractivity contribution in [3.63, 3.8) is 0 Å². The molecule has 2 aliphatic rings. The summed E-state index contributed by atoms with van der Waals surface area (Å²) in [6.45, 7) is 2.10. The van der Waals surface area contributed by atoms with Crippen LogP contribution in [0.25, 0.3) is 5.57 Å². The van der Waals surface area contributed by atoms with Gasteiger partial charge in [0.05, 0.1) is 5.69 Å². The highest BCUT2D eigenvalue weighted by atomic mass is 35.5. The molecular weight excluding hydrogens is 292 g/mol. The van der Waals surface area contributed by atoms with Crippen molar-refractivity contribution in [1.29, 1.82) is 0 Å². The van der Waals surface area contributed by atoms with Gasteiger partial charge in [0, 0.05) is 5.57 Å². The van der Waals surface area contributed by atoms with Crippen molar-refractivity contribution in [1.82, 2.24) is 10.3 Å². The van der Waals surface area contributed by atoms with Gasteiger partial charge in [0.2, 0.25) is 0 Å². The van der Waals surface area contributed by atoms with Gasteiger partial charge in [0.1, 0.15) is 5.15 Å². The number of nitrogens with one attached hydrogen (secondary N) is 1. The molecule has 3 heteroatoms. The van der Waals surface area contributed by atoms with Crippen LogP contribution in [0.1, 0.15) is 35.2 Å². The van der Waals surface area contributed by atoms with E-state index in [1.807, 2.05) is 6.07 Å². The monoisotopic (exact) mass is 310 g/mol. The first-order chi connectivity index (χ1) is 10.8. The number of hydrogen-bond donors (Lipinski definition) is 1. The molecule has 1 N–H and O–H groups in total. The fraction of sp³-hybridized carbons (Fsp3) is 0.316. The van der Waals surface area contributed by atoms with E-state index in [1.165, 1.54) is 27.8 Å². The van der Waals surface area contributed by atoms with Crippen LogP contribution >= 0.6 is 11.6 Å². The van der Waals surface area contributed by atoms with Crippen LogP contribution in [0.3, 0.4) is 0 Å². The molecule has 0 spiro atoms. The van der Waals surface area contributed by atoms with Gasteiger partial charge >= 0.3 is 0 Å². The van der Waals surface area contributed by atoms with E-state index in [2.05, 4.69) is 35.6 Å². The zero-order valence-electron chi connectivity index (χ0n) is 12.5. The van der Waals surface area contributed by atoms with Gasteiger partial charge in [0.25, 0.3) is 0 Å². The minimum atomic E-state index is 0.588. The third kappa shape index (κ3) is 2.47. The second-order valence-corrected chi connectivity index (χ2v) is 6.41. The number of aryl methyl sites for hydroxylation is 2. The number of fused-ring (bicyclic) bond motifs is 2. The average Bonchev–Trinajstić information content (AvgIpc) is 2.72. The molecule has 0 amide bonds. The van der Waals surface area contributed by atoms with Crippen molar-refractivity contribution in [3.8, 4) is 0 Å². The second kappa shape index (κ2) is 5.86. The van der Waals surface area contributed by atoms with E-state index in [4.69, 9.17) is 16.6 Å². The van der Waals surface area contributed by atoms with Crippen molar-refractivity contribution >= 4 is 17.2 Å². The van der Waals surface area contributed by atoms with E-state index in [-0.39, 0.29) is 0 Å². The lowest BCUT2D eigenvalue weighted by Crippen LogP contribution is -2.24. The number of nitrogens with zero attached hydrogens (tertiary/aromatic N) is 1. The Bertz CT molecular complexity index is 741. The molecule has 1 aliphatic carbocycles. The fourth-order valence-electron chi connectivity index (χ4n) is 3.60. The van der Waals surface area contributed by atoms with Crippen LogP contribution in [0.4, 0.5) is 0 Å². The maximum atomic E-state index is 6.22. The lowest BCUT2D eigenvalue weighted by molar-refractivity contribution is 0.611. The SMILES string of the molecule is Clc1ccc2c(n1)C(=C1CCNCC1)c1ccccc1CC2. The Balaban J connectivity index is 1.99. The standard InChI is InChI=1S/C19H19ClN2/c20-17-8-7-15-6-5-13-3-1-2-4-16(13)18(19(15)22-17)14-9-11-21-12-10-14/h1-4,7-8,21H,5-6,9-12H2. The highest BCUT2D eigenvalue weighted by Gasteiger charge is 2.23. The quantitative estimate of drug-likeness (QED) is 0.743. The zero-order chi connectivity index (χ0) is 14.9. The van der Waals surface area contributed by atoms with E-state index >= 15 is 0 Å². The molecule has 2 heterocycles. The third-order valence-electron chi connectivity index (χ3n) is 4.69. The summed E-state index contributed by atoms with van der Waals surface area (Å²) in [6.07, 6.45) is 4.29. The molecule has 0 unspecified atom stereocenters. The van der Waals surface area contributed by atoms with Gasteiger partial charge in [-0.05, 0) is 61.5 Å². The van der Waals surface area contributed by atoms with Gasteiger partial charge < -0.3 is 5.32 Å².